The number of carbonyl (C=O) groups is 4. The monoisotopic (exact) mass is 447 g/mol. The van der Waals surface area contributed by atoms with Crippen molar-refractivity contribution in [1.82, 2.24) is 15.1 Å². The minimum atomic E-state index is -1.11. The molecule has 10 heteroatoms. The zero-order valence-corrected chi connectivity index (χ0v) is 18.0. The van der Waals surface area contributed by atoms with Gasteiger partial charge in [0.15, 0.2) is 0 Å². The molecule has 4 aliphatic rings. The van der Waals surface area contributed by atoms with E-state index in [4.69, 9.17) is 4.74 Å². The molecule has 3 fully saturated rings. The van der Waals surface area contributed by atoms with Crippen LogP contribution in [0.15, 0.2) is 34.9 Å². The van der Waals surface area contributed by atoms with Crippen molar-refractivity contribution in [1.29, 1.82) is 0 Å². The van der Waals surface area contributed by atoms with E-state index in [1.165, 1.54) is 22.7 Å². The molecule has 0 aliphatic carbocycles. The lowest BCUT2D eigenvalue weighted by Crippen LogP contribution is -2.51. The fourth-order valence-corrected chi connectivity index (χ4v) is 6.17. The first-order chi connectivity index (χ1) is 14.8. The van der Waals surface area contributed by atoms with E-state index >= 15 is 0 Å². The van der Waals surface area contributed by atoms with E-state index in [2.05, 4.69) is 11.9 Å². The summed E-state index contributed by atoms with van der Waals surface area (Å²) in [4.78, 5) is 52.1. The molecule has 3 saturated heterocycles. The summed E-state index contributed by atoms with van der Waals surface area (Å²) in [6.45, 7) is 6.52. The lowest BCUT2D eigenvalue weighted by atomic mass is 9.94. The van der Waals surface area contributed by atoms with Gasteiger partial charge in [-0.25, -0.2) is 9.59 Å². The zero-order valence-electron chi connectivity index (χ0n) is 17.2. The molecule has 4 atom stereocenters. The first-order valence-corrected chi connectivity index (χ1v) is 11.2. The molecular weight excluding hydrogens is 422 g/mol. The van der Waals surface area contributed by atoms with Gasteiger partial charge in [-0.1, -0.05) is 25.7 Å². The second-order valence-corrected chi connectivity index (χ2v) is 9.44. The summed E-state index contributed by atoms with van der Waals surface area (Å²) >= 11 is 1.42. The Bertz CT molecular complexity index is 913. The zero-order chi connectivity index (χ0) is 22.3. The molecule has 4 rings (SSSR count). The molecule has 0 saturated carbocycles. The number of fused-ring (bicyclic) bond motifs is 1. The smallest absolute Gasteiger partial charge is 0.410 e. The summed E-state index contributed by atoms with van der Waals surface area (Å²) in [6, 6.07) is -0.422. The van der Waals surface area contributed by atoms with Crippen LogP contribution in [0.4, 0.5) is 4.79 Å². The Hall–Kier alpha value is -2.75. The molecule has 4 aliphatic heterocycles. The van der Waals surface area contributed by atoms with E-state index in [9.17, 15) is 24.3 Å². The molecule has 0 radical (unpaired) electrons. The van der Waals surface area contributed by atoms with Crippen LogP contribution in [0.1, 0.15) is 26.2 Å². The first kappa shape index (κ1) is 21.5. The van der Waals surface area contributed by atoms with Gasteiger partial charge in [-0.2, -0.15) is 0 Å². The van der Waals surface area contributed by atoms with Gasteiger partial charge < -0.3 is 25.0 Å². The Morgan fingerprint density at radius 2 is 2.16 bits per heavy atom. The van der Waals surface area contributed by atoms with Crippen LogP contribution < -0.4 is 5.32 Å². The van der Waals surface area contributed by atoms with E-state index in [1.54, 1.807) is 4.90 Å². The van der Waals surface area contributed by atoms with Crippen LogP contribution in [0, 0.1) is 5.92 Å². The predicted molar refractivity (Wildman–Crippen MR) is 113 cm³/mol. The van der Waals surface area contributed by atoms with E-state index in [-0.39, 0.29) is 47.4 Å². The molecular formula is C21H25N3O6S. The number of amides is 3. The topological polar surface area (TPSA) is 116 Å². The highest BCUT2D eigenvalue weighted by molar-refractivity contribution is 8.03. The summed E-state index contributed by atoms with van der Waals surface area (Å²) in [7, 11) is 0. The lowest BCUT2D eigenvalue weighted by Gasteiger charge is -2.37. The molecule has 0 aromatic rings. The standard InChI is InChI=1S/C21H25N3O6S/c1-3-6-30-21(29)23-10-14(8-13(23)7-12-4-5-22-19(12)26)31-18-11(2)15-9-16(25)24(15)17(18)20(27)28/h3,7,11,13-15H,1,4-6,8-10H2,2H3,(H,22,26)(H,27,28)/b12-7+/t11-,13-,14+,15+/m1/s1. The number of likely N-dealkylation sites (tertiary alicyclic amines) is 1. The molecule has 9 nitrogen and oxygen atoms in total. The van der Waals surface area contributed by atoms with Gasteiger partial charge in [0.05, 0.1) is 12.1 Å². The van der Waals surface area contributed by atoms with Crippen molar-refractivity contribution in [2.24, 2.45) is 5.92 Å². The van der Waals surface area contributed by atoms with Gasteiger partial charge in [0, 0.05) is 41.2 Å². The van der Waals surface area contributed by atoms with E-state index < -0.39 is 12.1 Å². The number of aliphatic carboxylic acids is 1. The Labute approximate surface area is 184 Å². The summed E-state index contributed by atoms with van der Waals surface area (Å²) in [5.41, 5.74) is 0.711. The number of thioether (sulfide) groups is 1. The highest BCUT2D eigenvalue weighted by Crippen LogP contribution is 2.49. The third-order valence-corrected chi connectivity index (χ3v) is 7.67. The van der Waals surface area contributed by atoms with Crippen molar-refractivity contribution in [3.8, 4) is 0 Å². The lowest BCUT2D eigenvalue weighted by molar-refractivity contribution is -0.148. The number of rotatable bonds is 6. The Morgan fingerprint density at radius 3 is 2.77 bits per heavy atom. The fraction of sp³-hybridized carbons (Fsp3) is 0.524. The van der Waals surface area contributed by atoms with Crippen molar-refractivity contribution in [2.75, 3.05) is 19.7 Å². The molecule has 3 amide bonds. The normalized spacial score (nSPS) is 31.1. The predicted octanol–water partition coefficient (Wildman–Crippen LogP) is 1.48. The van der Waals surface area contributed by atoms with Crippen LogP contribution in [-0.4, -0.2) is 75.8 Å². The van der Waals surface area contributed by atoms with E-state index in [1.807, 2.05) is 13.0 Å². The SMILES string of the molecule is C=CCOC(=O)N1C[C@@H](SC2=C(C(=O)O)N3C(=O)C[C@H]3[C@H]2C)C[C@H]1/C=C1\CCNC1=O. The average molecular weight is 448 g/mol. The van der Waals surface area contributed by atoms with Crippen LogP contribution in [0.2, 0.25) is 0 Å². The molecule has 2 N–H and O–H groups in total. The average Bonchev–Trinajstić information content (AvgIpc) is 3.37. The van der Waals surface area contributed by atoms with Gasteiger partial charge in [0.1, 0.15) is 12.3 Å². The number of β-lactam (4-membered cyclic amide) rings is 1. The van der Waals surface area contributed by atoms with Gasteiger partial charge in [-0.05, 0) is 12.8 Å². The van der Waals surface area contributed by atoms with Gasteiger partial charge in [-0.3, -0.25) is 9.59 Å². The van der Waals surface area contributed by atoms with Gasteiger partial charge >= 0.3 is 12.1 Å². The summed E-state index contributed by atoms with van der Waals surface area (Å²) in [6.07, 6.45) is 4.34. The Balaban J connectivity index is 1.56. The molecule has 0 spiro atoms. The Kier molecular flexibility index (Phi) is 5.83. The van der Waals surface area contributed by atoms with Crippen molar-refractivity contribution >= 4 is 35.6 Å². The van der Waals surface area contributed by atoms with Crippen LogP contribution >= 0.6 is 11.8 Å². The number of hydrogen-bond donors (Lipinski definition) is 2. The van der Waals surface area contributed by atoms with Crippen LogP contribution in [-0.2, 0) is 19.1 Å². The van der Waals surface area contributed by atoms with Crippen molar-refractivity contribution in [3.63, 3.8) is 0 Å². The van der Waals surface area contributed by atoms with Crippen molar-refractivity contribution in [3.05, 3.63) is 34.9 Å². The molecule has 166 valence electrons. The number of carboxylic acids is 1. The second-order valence-electron chi connectivity index (χ2n) is 8.10. The number of carboxylic acid groups (broad SMARTS) is 1. The number of ether oxygens (including phenoxy) is 1. The third kappa shape index (κ3) is 3.84. The van der Waals surface area contributed by atoms with Gasteiger partial charge in [-0.15, -0.1) is 11.8 Å². The van der Waals surface area contributed by atoms with E-state index in [0.717, 1.165) is 0 Å². The van der Waals surface area contributed by atoms with E-state index in [0.29, 0.717) is 42.8 Å². The second kappa shape index (κ2) is 8.41. The largest absolute Gasteiger partial charge is 0.477 e. The first-order valence-electron chi connectivity index (χ1n) is 10.3. The van der Waals surface area contributed by atoms with Gasteiger partial charge in [0.2, 0.25) is 11.8 Å². The minimum absolute atomic E-state index is 0.0621. The molecule has 0 aromatic carbocycles. The van der Waals surface area contributed by atoms with Crippen molar-refractivity contribution < 1.29 is 29.0 Å². The molecule has 4 heterocycles. The number of nitrogens with one attached hydrogen (secondary N) is 1. The van der Waals surface area contributed by atoms with Gasteiger partial charge in [0.25, 0.3) is 0 Å². The van der Waals surface area contributed by atoms with Crippen LogP contribution in [0.25, 0.3) is 0 Å². The summed E-state index contributed by atoms with van der Waals surface area (Å²) in [5, 5.41) is 12.4. The number of hydrogen-bond acceptors (Lipinski definition) is 6. The highest BCUT2D eigenvalue weighted by Gasteiger charge is 2.52. The molecule has 0 unspecified atom stereocenters. The maximum Gasteiger partial charge on any atom is 0.410 e. The number of nitrogens with zero attached hydrogens (tertiary/aromatic N) is 2. The summed E-state index contributed by atoms with van der Waals surface area (Å²) in [5.74, 6) is -1.46. The third-order valence-electron chi connectivity index (χ3n) is 6.17. The maximum absolute atomic E-state index is 12.6. The number of carbonyl (C=O) groups excluding carboxylic acids is 3. The van der Waals surface area contributed by atoms with Crippen molar-refractivity contribution in [2.45, 2.75) is 43.5 Å². The highest BCUT2D eigenvalue weighted by atomic mass is 32.2. The molecule has 0 bridgehead atoms. The molecule has 31 heavy (non-hydrogen) atoms. The molecule has 0 aromatic heterocycles. The minimum Gasteiger partial charge on any atom is -0.477 e. The fourth-order valence-electron chi connectivity index (χ4n) is 4.61. The Morgan fingerprint density at radius 1 is 1.39 bits per heavy atom. The quantitative estimate of drug-likeness (QED) is 0.360. The summed E-state index contributed by atoms with van der Waals surface area (Å²) < 4.78 is 5.22. The van der Waals surface area contributed by atoms with Crippen LogP contribution in [0.3, 0.4) is 0 Å². The maximum atomic E-state index is 12.6. The van der Waals surface area contributed by atoms with Crippen LogP contribution in [0.5, 0.6) is 0 Å².